The Morgan fingerprint density at radius 3 is 2.79 bits per heavy atom. The molecular formula is C19H23N3O5S. The number of para-hydroxylation sites is 1. The Kier molecular flexibility index (Phi) is 6.45. The molecule has 9 heteroatoms. The van der Waals surface area contributed by atoms with E-state index in [1.807, 2.05) is 24.3 Å². The van der Waals surface area contributed by atoms with Crippen molar-refractivity contribution in [1.82, 2.24) is 15.2 Å². The fourth-order valence-electron chi connectivity index (χ4n) is 3.29. The van der Waals surface area contributed by atoms with Crippen molar-refractivity contribution in [1.29, 1.82) is 0 Å². The first kappa shape index (κ1) is 20.1. The first-order chi connectivity index (χ1) is 13.5. The van der Waals surface area contributed by atoms with Gasteiger partial charge in [0.25, 0.3) is 0 Å². The largest absolute Gasteiger partial charge is 0.469 e. The zero-order valence-corrected chi connectivity index (χ0v) is 16.7. The molecule has 2 amide bonds. The number of thiazole rings is 1. The van der Waals surface area contributed by atoms with Crippen LogP contribution in [0.3, 0.4) is 0 Å². The van der Waals surface area contributed by atoms with E-state index in [1.54, 1.807) is 16.2 Å². The Morgan fingerprint density at radius 2 is 2.07 bits per heavy atom. The molecule has 0 aliphatic carbocycles. The number of hydrogen-bond acceptors (Lipinski definition) is 7. The van der Waals surface area contributed by atoms with Gasteiger partial charge in [-0.3, -0.25) is 4.79 Å². The summed E-state index contributed by atoms with van der Waals surface area (Å²) in [6, 6.07) is 6.47. The van der Waals surface area contributed by atoms with Crippen LogP contribution in [0.5, 0.6) is 0 Å². The third-order valence-corrected chi connectivity index (χ3v) is 5.90. The number of fused-ring (bicyclic) bond motifs is 1. The number of carbonyl (C=O) groups is 3. The zero-order chi connectivity index (χ0) is 20.1. The van der Waals surface area contributed by atoms with Crippen LogP contribution in [0.1, 0.15) is 36.7 Å². The van der Waals surface area contributed by atoms with Gasteiger partial charge in [-0.1, -0.05) is 12.1 Å². The van der Waals surface area contributed by atoms with Gasteiger partial charge in [-0.2, -0.15) is 0 Å². The summed E-state index contributed by atoms with van der Waals surface area (Å²) in [5.41, 5.74) is 0.917. The number of amides is 2. The lowest BCUT2D eigenvalue weighted by Crippen LogP contribution is -2.48. The second kappa shape index (κ2) is 9.01. The molecule has 1 aromatic carbocycles. The van der Waals surface area contributed by atoms with Crippen LogP contribution in [0.2, 0.25) is 0 Å². The summed E-state index contributed by atoms with van der Waals surface area (Å²) >= 11 is 1.58. The average Bonchev–Trinajstić information content (AvgIpc) is 3.36. The lowest BCUT2D eigenvalue weighted by molar-refractivity contribution is -0.144. The minimum atomic E-state index is -0.909. The molecule has 1 aromatic heterocycles. The van der Waals surface area contributed by atoms with Crippen molar-refractivity contribution in [3.05, 3.63) is 29.3 Å². The fraction of sp³-hybridized carbons (Fsp3) is 0.474. The van der Waals surface area contributed by atoms with E-state index in [1.165, 1.54) is 14.2 Å². The second-order valence-corrected chi connectivity index (χ2v) is 7.57. The number of hydrogen-bond donors (Lipinski definition) is 1. The maximum Gasteiger partial charge on any atom is 0.328 e. The third kappa shape index (κ3) is 4.41. The van der Waals surface area contributed by atoms with E-state index >= 15 is 0 Å². The molecule has 0 bridgehead atoms. The maximum atomic E-state index is 12.9. The highest BCUT2D eigenvalue weighted by Gasteiger charge is 2.34. The summed E-state index contributed by atoms with van der Waals surface area (Å²) in [6.45, 7) is 0.581. The van der Waals surface area contributed by atoms with Gasteiger partial charge in [0.1, 0.15) is 11.0 Å². The van der Waals surface area contributed by atoms with Crippen LogP contribution in [-0.4, -0.2) is 54.7 Å². The zero-order valence-electron chi connectivity index (χ0n) is 15.8. The summed E-state index contributed by atoms with van der Waals surface area (Å²) in [6.07, 6.45) is 1.81. The van der Waals surface area contributed by atoms with E-state index in [2.05, 4.69) is 15.0 Å². The molecule has 1 saturated heterocycles. The molecule has 1 aliphatic rings. The number of rotatable bonds is 6. The Morgan fingerprint density at radius 1 is 1.29 bits per heavy atom. The number of aromatic nitrogens is 1. The van der Waals surface area contributed by atoms with Crippen LogP contribution in [0, 0.1) is 0 Å². The Labute approximate surface area is 166 Å². The number of benzene rings is 1. The van der Waals surface area contributed by atoms with Gasteiger partial charge < -0.3 is 19.7 Å². The van der Waals surface area contributed by atoms with E-state index in [0.717, 1.165) is 28.1 Å². The van der Waals surface area contributed by atoms with E-state index in [9.17, 15) is 14.4 Å². The Bertz CT molecular complexity index is 835. The molecule has 0 saturated carbocycles. The van der Waals surface area contributed by atoms with Crippen molar-refractivity contribution in [3.63, 3.8) is 0 Å². The number of nitrogens with zero attached hydrogens (tertiary/aromatic N) is 2. The van der Waals surface area contributed by atoms with E-state index in [-0.39, 0.29) is 24.9 Å². The number of likely N-dealkylation sites (tertiary alicyclic amines) is 1. The number of ether oxygens (including phenoxy) is 2. The number of urea groups is 1. The summed E-state index contributed by atoms with van der Waals surface area (Å²) in [5, 5.41) is 3.59. The van der Waals surface area contributed by atoms with Crippen molar-refractivity contribution < 1.29 is 23.9 Å². The minimum absolute atomic E-state index is 0.0118. The summed E-state index contributed by atoms with van der Waals surface area (Å²) in [4.78, 5) is 42.6. The number of carbonyl (C=O) groups excluding carboxylic acids is 3. The van der Waals surface area contributed by atoms with Gasteiger partial charge >= 0.3 is 18.0 Å². The summed E-state index contributed by atoms with van der Waals surface area (Å²) in [7, 11) is 2.53. The van der Waals surface area contributed by atoms with Crippen LogP contribution in [0.25, 0.3) is 10.2 Å². The standard InChI is InChI=1S/C19H23N3O5S/c1-26-16(23)10-9-13(18(24)27-2)21-19(25)22-11-5-7-14(22)17-20-12-6-3-4-8-15(12)28-17/h3-4,6,8,13-14H,5,7,9-11H2,1-2H3,(H,21,25)/t13-,14+/m0/s1. The van der Waals surface area contributed by atoms with E-state index < -0.39 is 18.0 Å². The highest BCUT2D eigenvalue weighted by molar-refractivity contribution is 7.18. The molecule has 2 heterocycles. The monoisotopic (exact) mass is 405 g/mol. The van der Waals surface area contributed by atoms with Crippen molar-refractivity contribution >= 4 is 39.5 Å². The third-order valence-electron chi connectivity index (χ3n) is 4.76. The molecule has 1 N–H and O–H groups in total. The molecule has 3 rings (SSSR count). The number of esters is 2. The normalized spacial score (nSPS) is 17.4. The molecule has 8 nitrogen and oxygen atoms in total. The van der Waals surface area contributed by atoms with Crippen molar-refractivity contribution in [3.8, 4) is 0 Å². The molecular weight excluding hydrogens is 382 g/mol. The highest BCUT2D eigenvalue weighted by atomic mass is 32.1. The molecule has 28 heavy (non-hydrogen) atoms. The summed E-state index contributed by atoms with van der Waals surface area (Å²) in [5.74, 6) is -1.04. The van der Waals surface area contributed by atoms with Gasteiger partial charge in [-0.15, -0.1) is 11.3 Å². The first-order valence-electron chi connectivity index (χ1n) is 9.10. The van der Waals surface area contributed by atoms with Crippen molar-refractivity contribution in [2.45, 2.75) is 37.8 Å². The minimum Gasteiger partial charge on any atom is -0.469 e. The van der Waals surface area contributed by atoms with E-state index in [0.29, 0.717) is 6.54 Å². The fourth-order valence-corrected chi connectivity index (χ4v) is 4.40. The van der Waals surface area contributed by atoms with Crippen LogP contribution in [0.4, 0.5) is 4.79 Å². The molecule has 1 aliphatic heterocycles. The van der Waals surface area contributed by atoms with Gasteiger partial charge in [0.05, 0.1) is 30.5 Å². The molecule has 0 unspecified atom stereocenters. The lowest BCUT2D eigenvalue weighted by atomic mass is 10.1. The SMILES string of the molecule is COC(=O)CC[C@H](NC(=O)N1CCC[C@@H]1c1nc2ccccc2s1)C(=O)OC. The van der Waals surface area contributed by atoms with Crippen LogP contribution in [-0.2, 0) is 19.1 Å². The van der Waals surface area contributed by atoms with Crippen molar-refractivity contribution in [2.24, 2.45) is 0 Å². The quantitative estimate of drug-likeness (QED) is 0.742. The molecule has 0 radical (unpaired) electrons. The predicted molar refractivity (Wildman–Crippen MR) is 104 cm³/mol. The van der Waals surface area contributed by atoms with Gasteiger partial charge in [-0.25, -0.2) is 14.6 Å². The highest BCUT2D eigenvalue weighted by Crippen LogP contribution is 2.36. The molecule has 150 valence electrons. The summed E-state index contributed by atoms with van der Waals surface area (Å²) < 4.78 is 10.4. The lowest BCUT2D eigenvalue weighted by Gasteiger charge is -2.26. The topological polar surface area (TPSA) is 97.8 Å². The van der Waals surface area contributed by atoms with Gasteiger partial charge in [0, 0.05) is 13.0 Å². The first-order valence-corrected chi connectivity index (χ1v) is 9.92. The predicted octanol–water partition coefficient (Wildman–Crippen LogP) is 2.64. The van der Waals surface area contributed by atoms with Crippen LogP contribution in [0.15, 0.2) is 24.3 Å². The van der Waals surface area contributed by atoms with Crippen LogP contribution >= 0.6 is 11.3 Å². The number of methoxy groups -OCH3 is 2. The van der Waals surface area contributed by atoms with Gasteiger partial charge in [-0.05, 0) is 31.4 Å². The molecule has 2 aromatic rings. The smallest absolute Gasteiger partial charge is 0.328 e. The average molecular weight is 405 g/mol. The second-order valence-electron chi connectivity index (χ2n) is 6.51. The van der Waals surface area contributed by atoms with E-state index in [4.69, 9.17) is 4.74 Å². The molecule has 1 fully saturated rings. The van der Waals surface area contributed by atoms with Gasteiger partial charge in [0.15, 0.2) is 0 Å². The van der Waals surface area contributed by atoms with Crippen LogP contribution < -0.4 is 5.32 Å². The van der Waals surface area contributed by atoms with Gasteiger partial charge in [0.2, 0.25) is 0 Å². The number of nitrogens with one attached hydrogen (secondary N) is 1. The van der Waals surface area contributed by atoms with Crippen molar-refractivity contribution in [2.75, 3.05) is 20.8 Å². The Balaban J connectivity index is 1.71. The Hall–Kier alpha value is -2.68. The maximum absolute atomic E-state index is 12.9. The molecule has 0 spiro atoms. The molecule has 2 atom stereocenters.